The van der Waals surface area contributed by atoms with E-state index in [2.05, 4.69) is 35.6 Å². The lowest BCUT2D eigenvalue weighted by Crippen LogP contribution is -2.47. The quantitative estimate of drug-likeness (QED) is 0.876. The zero-order chi connectivity index (χ0) is 11.6. The third-order valence-corrected chi connectivity index (χ3v) is 4.30. The largest absolute Gasteiger partial charge is 0.389 e. The summed E-state index contributed by atoms with van der Waals surface area (Å²) in [5.74, 6) is 0. The van der Waals surface area contributed by atoms with Gasteiger partial charge in [0.1, 0.15) is 0 Å². The summed E-state index contributed by atoms with van der Waals surface area (Å²) in [6.07, 6.45) is 2.63. The predicted molar refractivity (Wildman–Crippen MR) is 68.9 cm³/mol. The van der Waals surface area contributed by atoms with Gasteiger partial charge in [0, 0.05) is 25.6 Å². The fourth-order valence-electron chi connectivity index (χ4n) is 2.41. The van der Waals surface area contributed by atoms with E-state index >= 15 is 0 Å². The minimum Gasteiger partial charge on any atom is -0.389 e. The summed E-state index contributed by atoms with van der Waals surface area (Å²) in [6, 6.07) is 2.72. The highest BCUT2D eigenvalue weighted by molar-refractivity contribution is 7.07. The summed E-state index contributed by atoms with van der Waals surface area (Å²) in [4.78, 5) is 2.45. The molecule has 1 aromatic heterocycles. The Labute approximate surface area is 102 Å². The smallest absolute Gasteiger partial charge is 0.0712 e. The number of nitrogens with zero attached hydrogens (tertiary/aromatic N) is 1. The number of thiophene rings is 1. The summed E-state index contributed by atoms with van der Waals surface area (Å²) >= 11 is 1.71. The Morgan fingerprint density at radius 3 is 2.62 bits per heavy atom. The first-order valence-electron chi connectivity index (χ1n) is 6.07. The van der Waals surface area contributed by atoms with Crippen molar-refractivity contribution in [2.24, 2.45) is 0 Å². The van der Waals surface area contributed by atoms with E-state index in [0.717, 1.165) is 32.4 Å². The average molecular weight is 239 g/mol. The molecule has 1 aliphatic heterocycles. The van der Waals surface area contributed by atoms with E-state index < -0.39 is 5.60 Å². The number of piperidine rings is 1. The zero-order valence-corrected chi connectivity index (χ0v) is 11.0. The molecule has 0 aliphatic carbocycles. The summed E-state index contributed by atoms with van der Waals surface area (Å²) < 4.78 is 0. The van der Waals surface area contributed by atoms with Crippen molar-refractivity contribution >= 4 is 11.3 Å². The maximum Gasteiger partial charge on any atom is 0.0712 e. The van der Waals surface area contributed by atoms with Gasteiger partial charge in [-0.25, -0.2) is 0 Å². The molecule has 0 saturated carbocycles. The van der Waals surface area contributed by atoms with Crippen molar-refractivity contribution < 1.29 is 5.11 Å². The molecule has 1 aliphatic rings. The van der Waals surface area contributed by atoms with Crippen LogP contribution < -0.4 is 0 Å². The molecule has 90 valence electrons. The van der Waals surface area contributed by atoms with Crippen LogP contribution in [0.2, 0.25) is 0 Å². The van der Waals surface area contributed by atoms with E-state index in [4.69, 9.17) is 0 Å². The molecule has 2 heterocycles. The monoisotopic (exact) mass is 239 g/mol. The lowest BCUT2D eigenvalue weighted by atomic mass is 9.86. The molecule has 0 bridgehead atoms. The second-order valence-electron chi connectivity index (χ2n) is 5.16. The average Bonchev–Trinajstić information content (AvgIpc) is 2.70. The number of rotatable bonds is 3. The van der Waals surface area contributed by atoms with Crippen LogP contribution in [0.3, 0.4) is 0 Å². The summed E-state index contributed by atoms with van der Waals surface area (Å²) in [6.45, 7) is 6.50. The Morgan fingerprint density at radius 1 is 1.44 bits per heavy atom. The van der Waals surface area contributed by atoms with Crippen LogP contribution in [0.15, 0.2) is 16.8 Å². The SMILES string of the molecule is CC(C)N1CCC(O)(Cc2ccsc2)CC1. The molecule has 16 heavy (non-hydrogen) atoms. The summed E-state index contributed by atoms with van der Waals surface area (Å²) in [7, 11) is 0. The van der Waals surface area contributed by atoms with Gasteiger partial charge in [-0.2, -0.15) is 11.3 Å². The molecule has 0 aromatic carbocycles. The Bertz CT molecular complexity index is 313. The van der Waals surface area contributed by atoms with Crippen molar-refractivity contribution in [2.45, 2.75) is 44.8 Å². The number of aliphatic hydroxyl groups is 1. The third-order valence-electron chi connectivity index (χ3n) is 3.57. The van der Waals surface area contributed by atoms with Crippen LogP contribution in [0, 0.1) is 0 Å². The van der Waals surface area contributed by atoms with E-state index in [1.807, 2.05) is 0 Å². The van der Waals surface area contributed by atoms with Gasteiger partial charge in [0.05, 0.1) is 5.60 Å². The molecule has 2 rings (SSSR count). The lowest BCUT2D eigenvalue weighted by Gasteiger charge is -2.40. The fraction of sp³-hybridized carbons (Fsp3) is 0.692. The minimum absolute atomic E-state index is 0.466. The van der Waals surface area contributed by atoms with Gasteiger partial charge in [0.25, 0.3) is 0 Å². The van der Waals surface area contributed by atoms with Crippen LogP contribution in [-0.2, 0) is 6.42 Å². The van der Waals surface area contributed by atoms with E-state index in [0.29, 0.717) is 6.04 Å². The Kier molecular flexibility index (Phi) is 3.67. The van der Waals surface area contributed by atoms with Crippen molar-refractivity contribution in [1.29, 1.82) is 0 Å². The molecular weight excluding hydrogens is 218 g/mol. The van der Waals surface area contributed by atoms with Crippen molar-refractivity contribution in [2.75, 3.05) is 13.1 Å². The van der Waals surface area contributed by atoms with Crippen molar-refractivity contribution in [3.8, 4) is 0 Å². The first-order valence-corrected chi connectivity index (χ1v) is 7.01. The number of hydrogen-bond donors (Lipinski definition) is 1. The maximum atomic E-state index is 10.5. The van der Waals surface area contributed by atoms with Gasteiger partial charge in [-0.1, -0.05) is 0 Å². The predicted octanol–water partition coefficient (Wildman–Crippen LogP) is 2.53. The van der Waals surface area contributed by atoms with Crippen LogP contribution in [0.1, 0.15) is 32.3 Å². The van der Waals surface area contributed by atoms with Gasteiger partial charge in [-0.3, -0.25) is 0 Å². The highest BCUT2D eigenvalue weighted by Crippen LogP contribution is 2.27. The van der Waals surface area contributed by atoms with Gasteiger partial charge < -0.3 is 10.0 Å². The molecule has 1 N–H and O–H groups in total. The summed E-state index contributed by atoms with van der Waals surface area (Å²) in [5.41, 5.74) is 0.817. The molecule has 0 atom stereocenters. The van der Waals surface area contributed by atoms with Gasteiger partial charge in [0.15, 0.2) is 0 Å². The Balaban J connectivity index is 1.91. The highest BCUT2D eigenvalue weighted by atomic mass is 32.1. The molecule has 0 radical (unpaired) electrons. The molecule has 2 nitrogen and oxygen atoms in total. The summed E-state index contributed by atoms with van der Waals surface area (Å²) in [5, 5.41) is 14.8. The highest BCUT2D eigenvalue weighted by Gasteiger charge is 2.32. The van der Waals surface area contributed by atoms with Gasteiger partial charge in [-0.15, -0.1) is 0 Å². The van der Waals surface area contributed by atoms with E-state index in [1.165, 1.54) is 5.56 Å². The van der Waals surface area contributed by atoms with Crippen LogP contribution in [0.5, 0.6) is 0 Å². The first kappa shape index (κ1) is 12.1. The van der Waals surface area contributed by atoms with Gasteiger partial charge in [-0.05, 0) is 49.1 Å². The van der Waals surface area contributed by atoms with Crippen LogP contribution >= 0.6 is 11.3 Å². The van der Waals surface area contributed by atoms with Crippen molar-refractivity contribution in [3.05, 3.63) is 22.4 Å². The molecule has 1 saturated heterocycles. The van der Waals surface area contributed by atoms with Crippen LogP contribution in [0.25, 0.3) is 0 Å². The number of likely N-dealkylation sites (tertiary alicyclic amines) is 1. The van der Waals surface area contributed by atoms with E-state index in [9.17, 15) is 5.11 Å². The normalized spacial score (nSPS) is 21.5. The molecule has 0 amide bonds. The topological polar surface area (TPSA) is 23.5 Å². The van der Waals surface area contributed by atoms with Gasteiger partial charge in [0.2, 0.25) is 0 Å². The van der Waals surface area contributed by atoms with Crippen molar-refractivity contribution in [1.82, 2.24) is 4.90 Å². The minimum atomic E-state index is -0.466. The Morgan fingerprint density at radius 2 is 2.12 bits per heavy atom. The molecule has 1 fully saturated rings. The lowest BCUT2D eigenvalue weighted by molar-refractivity contribution is -0.0270. The van der Waals surface area contributed by atoms with E-state index in [1.54, 1.807) is 11.3 Å². The Hall–Kier alpha value is -0.380. The van der Waals surface area contributed by atoms with Crippen LogP contribution in [0.4, 0.5) is 0 Å². The molecule has 0 spiro atoms. The molecule has 0 unspecified atom stereocenters. The second kappa shape index (κ2) is 4.86. The standard InChI is InChI=1S/C13H21NOS/c1-11(2)14-6-4-13(15,5-7-14)9-12-3-8-16-10-12/h3,8,10-11,15H,4-7,9H2,1-2H3. The van der Waals surface area contributed by atoms with Crippen molar-refractivity contribution in [3.63, 3.8) is 0 Å². The third kappa shape index (κ3) is 2.84. The molecular formula is C13H21NOS. The van der Waals surface area contributed by atoms with Gasteiger partial charge >= 0.3 is 0 Å². The molecule has 1 aromatic rings. The van der Waals surface area contributed by atoms with E-state index in [-0.39, 0.29) is 0 Å². The first-order chi connectivity index (χ1) is 7.59. The second-order valence-corrected chi connectivity index (χ2v) is 5.94. The molecule has 3 heteroatoms. The zero-order valence-electron chi connectivity index (χ0n) is 10.1. The van der Waals surface area contributed by atoms with Crippen LogP contribution in [-0.4, -0.2) is 34.7 Å². The number of hydrogen-bond acceptors (Lipinski definition) is 3. The fourth-order valence-corrected chi connectivity index (χ4v) is 3.08. The maximum absolute atomic E-state index is 10.5.